The molecule has 108 valence electrons. The predicted octanol–water partition coefficient (Wildman–Crippen LogP) is 3.70. The Morgan fingerprint density at radius 1 is 0.833 bits per heavy atom. The van der Waals surface area contributed by atoms with E-state index >= 15 is 0 Å². The van der Waals surface area contributed by atoms with Crippen LogP contribution in [0.5, 0.6) is 0 Å². The fraction of sp³-hybridized carbons (Fsp3) is 0.933. The molecule has 0 bridgehead atoms. The third-order valence-corrected chi connectivity index (χ3v) is 2.63. The number of nitrogens with one attached hydrogen (secondary N) is 2. The first-order valence-electron chi connectivity index (χ1n) is 7.63. The molecule has 0 radical (unpaired) electrons. The molecule has 0 spiro atoms. The molecule has 0 saturated heterocycles. The average molecular weight is 255 g/mol. The van der Waals surface area contributed by atoms with Crippen molar-refractivity contribution in [2.45, 2.75) is 85.2 Å². The zero-order chi connectivity index (χ0) is 13.8. The molecular formula is C15H33N3. The van der Waals surface area contributed by atoms with Gasteiger partial charge in [-0.05, 0) is 34.1 Å². The Hall–Kier alpha value is -0.730. The van der Waals surface area contributed by atoms with Crippen molar-refractivity contribution < 1.29 is 0 Å². The molecule has 0 rings (SSSR count). The Labute approximate surface area is 114 Å². The first-order valence-corrected chi connectivity index (χ1v) is 7.63. The SMILES string of the molecule is CCCCCCCCN=C(NC(C)C)NC(C)C. The maximum absolute atomic E-state index is 4.62. The number of rotatable bonds is 9. The van der Waals surface area contributed by atoms with Gasteiger partial charge in [-0.3, -0.25) is 4.99 Å². The fourth-order valence-corrected chi connectivity index (χ4v) is 1.76. The van der Waals surface area contributed by atoms with Crippen molar-refractivity contribution >= 4 is 5.96 Å². The molecule has 0 aliphatic heterocycles. The third kappa shape index (κ3) is 11.7. The van der Waals surface area contributed by atoms with Crippen LogP contribution < -0.4 is 10.6 Å². The van der Waals surface area contributed by atoms with Crippen LogP contribution in [0.3, 0.4) is 0 Å². The summed E-state index contributed by atoms with van der Waals surface area (Å²) in [5.41, 5.74) is 0. The molecule has 0 heterocycles. The summed E-state index contributed by atoms with van der Waals surface area (Å²) in [6.45, 7) is 11.8. The molecule has 3 heteroatoms. The lowest BCUT2D eigenvalue weighted by atomic mass is 10.1. The predicted molar refractivity (Wildman–Crippen MR) is 82.2 cm³/mol. The lowest BCUT2D eigenvalue weighted by Crippen LogP contribution is -2.44. The standard InChI is InChI=1S/C15H33N3/c1-6-7-8-9-10-11-12-16-15(17-13(2)3)18-14(4)5/h13-14H,6-12H2,1-5H3,(H2,16,17,18). The zero-order valence-corrected chi connectivity index (χ0v) is 13.1. The van der Waals surface area contributed by atoms with Gasteiger partial charge in [-0.15, -0.1) is 0 Å². The largest absolute Gasteiger partial charge is 0.354 e. The Kier molecular flexibility index (Phi) is 10.9. The fourth-order valence-electron chi connectivity index (χ4n) is 1.76. The summed E-state index contributed by atoms with van der Waals surface area (Å²) in [5, 5.41) is 6.72. The van der Waals surface area contributed by atoms with Crippen LogP contribution in [0.2, 0.25) is 0 Å². The normalized spacial score (nSPS) is 10.8. The molecule has 0 amide bonds. The van der Waals surface area contributed by atoms with Gasteiger partial charge in [0.2, 0.25) is 0 Å². The minimum absolute atomic E-state index is 0.430. The summed E-state index contributed by atoms with van der Waals surface area (Å²) in [4.78, 5) is 4.62. The van der Waals surface area contributed by atoms with Gasteiger partial charge in [0, 0.05) is 18.6 Å². The lowest BCUT2D eigenvalue weighted by molar-refractivity contribution is 0.607. The van der Waals surface area contributed by atoms with Gasteiger partial charge >= 0.3 is 0 Å². The van der Waals surface area contributed by atoms with E-state index in [4.69, 9.17) is 0 Å². The summed E-state index contributed by atoms with van der Waals surface area (Å²) < 4.78 is 0. The van der Waals surface area contributed by atoms with Gasteiger partial charge in [0.25, 0.3) is 0 Å². The molecule has 0 aromatic carbocycles. The summed E-state index contributed by atoms with van der Waals surface area (Å²) >= 11 is 0. The van der Waals surface area contributed by atoms with Crippen molar-refractivity contribution in [2.24, 2.45) is 4.99 Å². The molecule has 2 N–H and O–H groups in total. The number of nitrogens with zero attached hydrogens (tertiary/aromatic N) is 1. The third-order valence-electron chi connectivity index (χ3n) is 2.63. The highest BCUT2D eigenvalue weighted by atomic mass is 15.2. The van der Waals surface area contributed by atoms with E-state index in [1.807, 2.05) is 0 Å². The van der Waals surface area contributed by atoms with Crippen molar-refractivity contribution in [1.82, 2.24) is 10.6 Å². The van der Waals surface area contributed by atoms with Gasteiger partial charge in [0.05, 0.1) is 0 Å². The van der Waals surface area contributed by atoms with Gasteiger partial charge in [0.1, 0.15) is 0 Å². The zero-order valence-electron chi connectivity index (χ0n) is 13.1. The molecule has 0 saturated carbocycles. The van der Waals surface area contributed by atoms with E-state index in [2.05, 4.69) is 50.2 Å². The van der Waals surface area contributed by atoms with Gasteiger partial charge in [-0.25, -0.2) is 0 Å². The smallest absolute Gasteiger partial charge is 0.191 e. The molecule has 3 nitrogen and oxygen atoms in total. The minimum Gasteiger partial charge on any atom is -0.354 e. The first kappa shape index (κ1) is 17.3. The summed E-state index contributed by atoms with van der Waals surface area (Å²) in [5.74, 6) is 0.952. The van der Waals surface area contributed by atoms with Crippen LogP contribution in [-0.4, -0.2) is 24.6 Å². The van der Waals surface area contributed by atoms with Crippen LogP contribution >= 0.6 is 0 Å². The molecule has 0 fully saturated rings. The Morgan fingerprint density at radius 2 is 1.33 bits per heavy atom. The number of hydrogen-bond donors (Lipinski definition) is 2. The van der Waals surface area contributed by atoms with Crippen LogP contribution in [0.25, 0.3) is 0 Å². The van der Waals surface area contributed by atoms with Crippen LogP contribution in [0, 0.1) is 0 Å². The van der Waals surface area contributed by atoms with Crippen molar-refractivity contribution in [2.75, 3.05) is 6.54 Å². The number of unbranched alkanes of at least 4 members (excludes halogenated alkanes) is 5. The van der Waals surface area contributed by atoms with Crippen LogP contribution in [-0.2, 0) is 0 Å². The molecule has 0 atom stereocenters. The van der Waals surface area contributed by atoms with Crippen LogP contribution in [0.4, 0.5) is 0 Å². The highest BCUT2D eigenvalue weighted by molar-refractivity contribution is 5.80. The van der Waals surface area contributed by atoms with E-state index < -0.39 is 0 Å². The highest BCUT2D eigenvalue weighted by Crippen LogP contribution is 2.04. The lowest BCUT2D eigenvalue weighted by Gasteiger charge is -2.17. The minimum atomic E-state index is 0.430. The molecule has 0 aliphatic rings. The van der Waals surface area contributed by atoms with Crippen molar-refractivity contribution in [1.29, 1.82) is 0 Å². The quantitative estimate of drug-likeness (QED) is 0.374. The average Bonchev–Trinajstić information content (AvgIpc) is 2.26. The van der Waals surface area contributed by atoms with Crippen molar-refractivity contribution in [3.63, 3.8) is 0 Å². The number of aliphatic imine (C=N–C) groups is 1. The van der Waals surface area contributed by atoms with Gasteiger partial charge in [-0.1, -0.05) is 39.0 Å². The monoisotopic (exact) mass is 255 g/mol. The second-order valence-corrected chi connectivity index (χ2v) is 5.60. The molecule has 0 aromatic heterocycles. The van der Waals surface area contributed by atoms with E-state index in [0.29, 0.717) is 12.1 Å². The van der Waals surface area contributed by atoms with Gasteiger partial charge in [0.15, 0.2) is 5.96 Å². The Morgan fingerprint density at radius 3 is 1.83 bits per heavy atom. The first-order chi connectivity index (χ1) is 8.56. The molecule has 0 aromatic rings. The second-order valence-electron chi connectivity index (χ2n) is 5.60. The Bertz CT molecular complexity index is 198. The number of hydrogen-bond acceptors (Lipinski definition) is 1. The molecule has 0 aliphatic carbocycles. The molecule has 0 unspecified atom stereocenters. The van der Waals surface area contributed by atoms with Gasteiger partial charge < -0.3 is 10.6 Å². The van der Waals surface area contributed by atoms with Crippen molar-refractivity contribution in [3.05, 3.63) is 0 Å². The summed E-state index contributed by atoms with van der Waals surface area (Å²) in [6.07, 6.45) is 7.93. The van der Waals surface area contributed by atoms with Gasteiger partial charge in [-0.2, -0.15) is 0 Å². The van der Waals surface area contributed by atoms with E-state index in [-0.39, 0.29) is 0 Å². The maximum Gasteiger partial charge on any atom is 0.191 e. The van der Waals surface area contributed by atoms with E-state index in [9.17, 15) is 0 Å². The van der Waals surface area contributed by atoms with E-state index in [0.717, 1.165) is 12.5 Å². The molecule has 18 heavy (non-hydrogen) atoms. The summed E-state index contributed by atoms with van der Waals surface area (Å²) in [6, 6.07) is 0.860. The summed E-state index contributed by atoms with van der Waals surface area (Å²) in [7, 11) is 0. The Balaban J connectivity index is 3.78. The maximum atomic E-state index is 4.62. The second kappa shape index (κ2) is 11.4. The van der Waals surface area contributed by atoms with E-state index in [1.54, 1.807) is 0 Å². The van der Waals surface area contributed by atoms with Crippen molar-refractivity contribution in [3.8, 4) is 0 Å². The van der Waals surface area contributed by atoms with Crippen LogP contribution in [0.15, 0.2) is 4.99 Å². The van der Waals surface area contributed by atoms with Crippen LogP contribution in [0.1, 0.15) is 73.1 Å². The van der Waals surface area contributed by atoms with E-state index in [1.165, 1.54) is 38.5 Å². The molecular weight excluding hydrogens is 222 g/mol. The highest BCUT2D eigenvalue weighted by Gasteiger charge is 2.02. The number of guanidine groups is 1. The topological polar surface area (TPSA) is 36.4 Å².